The normalized spacial score (nSPS) is 10.4. The van der Waals surface area contributed by atoms with Gasteiger partial charge in [-0.15, -0.1) is 0 Å². The van der Waals surface area contributed by atoms with Crippen molar-refractivity contribution in [2.24, 2.45) is 5.73 Å². The second-order valence-electron chi connectivity index (χ2n) is 3.72. The fraction of sp³-hybridized carbons (Fsp3) is 0.143. The van der Waals surface area contributed by atoms with Crippen LogP contribution in [0.4, 0.5) is 0 Å². The Morgan fingerprint density at radius 2 is 1.62 bits per heavy atom. The van der Waals surface area contributed by atoms with Crippen LogP contribution >= 0.6 is 11.6 Å². The van der Waals surface area contributed by atoms with Gasteiger partial charge in [0.1, 0.15) is 0 Å². The topological polar surface area (TPSA) is 26.0 Å². The number of hydrogen-bond donors (Lipinski definition) is 1. The molecule has 0 fully saturated rings. The SMILES string of the molecule is NCCc1ccc(-c2ccccc2Cl)cc1. The van der Waals surface area contributed by atoms with Crippen LogP contribution < -0.4 is 5.73 Å². The monoisotopic (exact) mass is 231 g/mol. The fourth-order valence-corrected chi connectivity index (χ4v) is 1.96. The zero-order chi connectivity index (χ0) is 11.4. The van der Waals surface area contributed by atoms with Gasteiger partial charge in [0, 0.05) is 10.6 Å². The molecule has 0 saturated heterocycles. The highest BCUT2D eigenvalue weighted by Gasteiger charge is 2.01. The molecule has 0 aliphatic carbocycles. The summed E-state index contributed by atoms with van der Waals surface area (Å²) in [6.07, 6.45) is 0.919. The van der Waals surface area contributed by atoms with E-state index in [1.54, 1.807) is 0 Å². The van der Waals surface area contributed by atoms with Gasteiger partial charge in [0.2, 0.25) is 0 Å². The van der Waals surface area contributed by atoms with Crippen molar-refractivity contribution in [2.45, 2.75) is 6.42 Å². The van der Waals surface area contributed by atoms with E-state index < -0.39 is 0 Å². The molecule has 0 bridgehead atoms. The maximum Gasteiger partial charge on any atom is 0.0484 e. The van der Waals surface area contributed by atoms with E-state index in [0.717, 1.165) is 22.6 Å². The smallest absolute Gasteiger partial charge is 0.0484 e. The molecule has 2 aromatic rings. The van der Waals surface area contributed by atoms with E-state index in [1.807, 2.05) is 24.3 Å². The van der Waals surface area contributed by atoms with Gasteiger partial charge in [-0.2, -0.15) is 0 Å². The van der Waals surface area contributed by atoms with Gasteiger partial charge in [0.15, 0.2) is 0 Å². The van der Waals surface area contributed by atoms with Gasteiger partial charge < -0.3 is 5.73 Å². The lowest BCUT2D eigenvalue weighted by Gasteiger charge is -2.05. The summed E-state index contributed by atoms with van der Waals surface area (Å²) in [4.78, 5) is 0. The van der Waals surface area contributed by atoms with Crippen LogP contribution in [0.2, 0.25) is 5.02 Å². The van der Waals surface area contributed by atoms with Gasteiger partial charge in [-0.25, -0.2) is 0 Å². The van der Waals surface area contributed by atoms with Gasteiger partial charge in [-0.3, -0.25) is 0 Å². The molecule has 0 aliphatic rings. The van der Waals surface area contributed by atoms with Crippen molar-refractivity contribution >= 4 is 11.6 Å². The molecule has 0 heterocycles. The van der Waals surface area contributed by atoms with Crippen LogP contribution in [0.25, 0.3) is 11.1 Å². The van der Waals surface area contributed by atoms with E-state index in [0.29, 0.717) is 6.54 Å². The highest BCUT2D eigenvalue weighted by Crippen LogP contribution is 2.27. The highest BCUT2D eigenvalue weighted by molar-refractivity contribution is 6.33. The summed E-state index contributed by atoms with van der Waals surface area (Å²) >= 11 is 6.14. The molecule has 0 saturated carbocycles. The van der Waals surface area contributed by atoms with E-state index in [9.17, 15) is 0 Å². The number of benzene rings is 2. The Labute approximate surface area is 101 Å². The standard InChI is InChI=1S/C14H14ClN/c15-14-4-2-1-3-13(14)12-7-5-11(6-8-12)9-10-16/h1-8H,9-10,16H2. The second-order valence-corrected chi connectivity index (χ2v) is 4.12. The number of rotatable bonds is 3. The summed E-state index contributed by atoms with van der Waals surface area (Å²) in [5, 5.41) is 0.786. The molecule has 0 aromatic heterocycles. The molecule has 0 radical (unpaired) electrons. The predicted octanol–water partition coefficient (Wildman–Crippen LogP) is 3.51. The molecule has 0 aliphatic heterocycles. The third-order valence-electron chi connectivity index (χ3n) is 2.57. The molecule has 2 heteroatoms. The lowest BCUT2D eigenvalue weighted by atomic mass is 10.0. The van der Waals surface area contributed by atoms with Gasteiger partial charge in [0.05, 0.1) is 0 Å². The van der Waals surface area contributed by atoms with Crippen molar-refractivity contribution in [2.75, 3.05) is 6.54 Å². The summed E-state index contributed by atoms with van der Waals surface area (Å²) in [6, 6.07) is 16.3. The Bertz CT molecular complexity index is 462. The van der Waals surface area contributed by atoms with E-state index in [2.05, 4.69) is 24.3 Å². The van der Waals surface area contributed by atoms with E-state index in [-0.39, 0.29) is 0 Å². The Morgan fingerprint density at radius 1 is 0.938 bits per heavy atom. The average Bonchev–Trinajstić information content (AvgIpc) is 2.31. The van der Waals surface area contributed by atoms with Crippen LogP contribution in [-0.2, 0) is 6.42 Å². The molecule has 0 amide bonds. The lowest BCUT2D eigenvalue weighted by molar-refractivity contribution is 0.969. The third kappa shape index (κ3) is 2.43. The van der Waals surface area contributed by atoms with Crippen LogP contribution in [0.3, 0.4) is 0 Å². The first-order valence-electron chi connectivity index (χ1n) is 5.35. The van der Waals surface area contributed by atoms with E-state index >= 15 is 0 Å². The first-order chi connectivity index (χ1) is 7.81. The molecule has 0 spiro atoms. The summed E-state index contributed by atoms with van der Waals surface area (Å²) < 4.78 is 0. The van der Waals surface area contributed by atoms with Crippen molar-refractivity contribution in [1.29, 1.82) is 0 Å². The number of halogens is 1. The zero-order valence-electron chi connectivity index (χ0n) is 8.99. The van der Waals surface area contributed by atoms with Crippen LogP contribution in [-0.4, -0.2) is 6.54 Å². The van der Waals surface area contributed by atoms with Crippen LogP contribution in [0, 0.1) is 0 Å². The third-order valence-corrected chi connectivity index (χ3v) is 2.90. The van der Waals surface area contributed by atoms with Crippen molar-refractivity contribution in [3.8, 4) is 11.1 Å². The summed E-state index contributed by atoms with van der Waals surface area (Å²) in [6.45, 7) is 0.686. The maximum absolute atomic E-state index is 6.14. The average molecular weight is 232 g/mol. The largest absolute Gasteiger partial charge is 0.330 e. The van der Waals surface area contributed by atoms with Crippen molar-refractivity contribution in [3.05, 3.63) is 59.1 Å². The molecule has 1 nitrogen and oxygen atoms in total. The van der Waals surface area contributed by atoms with E-state index in [4.69, 9.17) is 17.3 Å². The van der Waals surface area contributed by atoms with Crippen molar-refractivity contribution in [3.63, 3.8) is 0 Å². The predicted molar refractivity (Wildman–Crippen MR) is 69.6 cm³/mol. The van der Waals surface area contributed by atoms with Crippen molar-refractivity contribution < 1.29 is 0 Å². The second kappa shape index (κ2) is 5.15. The highest BCUT2D eigenvalue weighted by atomic mass is 35.5. The van der Waals surface area contributed by atoms with Gasteiger partial charge in [0.25, 0.3) is 0 Å². The Morgan fingerprint density at radius 3 is 2.25 bits per heavy atom. The molecule has 2 N–H and O–H groups in total. The number of nitrogens with two attached hydrogens (primary N) is 1. The van der Waals surface area contributed by atoms with Crippen LogP contribution in [0.1, 0.15) is 5.56 Å². The van der Waals surface area contributed by atoms with Gasteiger partial charge in [-0.05, 0) is 30.2 Å². The quantitative estimate of drug-likeness (QED) is 0.860. The summed E-state index contributed by atoms with van der Waals surface area (Å²) in [7, 11) is 0. The molecular weight excluding hydrogens is 218 g/mol. The minimum absolute atomic E-state index is 0.686. The van der Waals surface area contributed by atoms with Crippen LogP contribution in [0.5, 0.6) is 0 Å². The zero-order valence-corrected chi connectivity index (χ0v) is 9.74. The first-order valence-corrected chi connectivity index (χ1v) is 5.73. The maximum atomic E-state index is 6.14. The Balaban J connectivity index is 2.31. The summed E-state index contributed by atoms with van der Waals surface area (Å²) in [5.74, 6) is 0. The van der Waals surface area contributed by atoms with Crippen LogP contribution in [0.15, 0.2) is 48.5 Å². The Hall–Kier alpha value is -1.31. The molecule has 0 atom stereocenters. The van der Waals surface area contributed by atoms with Crippen molar-refractivity contribution in [1.82, 2.24) is 0 Å². The fourth-order valence-electron chi connectivity index (χ4n) is 1.71. The number of hydrogen-bond acceptors (Lipinski definition) is 1. The first kappa shape index (κ1) is 11.2. The molecule has 2 aromatic carbocycles. The molecule has 16 heavy (non-hydrogen) atoms. The Kier molecular flexibility index (Phi) is 3.60. The lowest BCUT2D eigenvalue weighted by Crippen LogP contribution is -2.02. The molecular formula is C14H14ClN. The minimum atomic E-state index is 0.686. The molecule has 82 valence electrons. The van der Waals surface area contributed by atoms with E-state index in [1.165, 1.54) is 5.56 Å². The summed E-state index contributed by atoms with van der Waals surface area (Å²) in [5.41, 5.74) is 8.99. The van der Waals surface area contributed by atoms with Gasteiger partial charge >= 0.3 is 0 Å². The molecule has 0 unspecified atom stereocenters. The molecule has 2 rings (SSSR count). The van der Waals surface area contributed by atoms with Gasteiger partial charge in [-0.1, -0.05) is 54.1 Å². The minimum Gasteiger partial charge on any atom is -0.330 e.